The van der Waals surface area contributed by atoms with Crippen LogP contribution in [-0.4, -0.2) is 49.0 Å². The molecule has 1 amide bonds. The molecule has 2 fully saturated rings. The van der Waals surface area contributed by atoms with Crippen LogP contribution >= 0.6 is 24.0 Å². The minimum Gasteiger partial charge on any atom is -0.366 e. The van der Waals surface area contributed by atoms with Gasteiger partial charge < -0.3 is 16.4 Å². The number of guanidine groups is 1. The van der Waals surface area contributed by atoms with Crippen molar-refractivity contribution in [2.75, 3.05) is 20.1 Å². The highest BCUT2D eigenvalue weighted by molar-refractivity contribution is 14.0. The number of amides is 1. The Bertz CT molecular complexity index is 613. The van der Waals surface area contributed by atoms with Gasteiger partial charge in [0, 0.05) is 44.3 Å². The zero-order valence-electron chi connectivity index (χ0n) is 15.4. The predicted molar refractivity (Wildman–Crippen MR) is 116 cm³/mol. The minimum absolute atomic E-state index is 0. The molecule has 2 aliphatic rings. The van der Waals surface area contributed by atoms with E-state index in [-0.39, 0.29) is 24.0 Å². The van der Waals surface area contributed by atoms with E-state index in [4.69, 9.17) is 5.73 Å². The molecule has 0 radical (unpaired) electrons. The molecule has 0 spiro atoms. The second-order valence-corrected chi connectivity index (χ2v) is 7.05. The van der Waals surface area contributed by atoms with Crippen molar-refractivity contribution in [1.29, 1.82) is 0 Å². The van der Waals surface area contributed by atoms with Crippen molar-refractivity contribution in [3.63, 3.8) is 0 Å². The zero-order valence-corrected chi connectivity index (χ0v) is 17.7. The largest absolute Gasteiger partial charge is 0.366 e. The Morgan fingerprint density at radius 3 is 2.54 bits per heavy atom. The van der Waals surface area contributed by atoms with Crippen molar-refractivity contribution >= 4 is 35.8 Å². The van der Waals surface area contributed by atoms with Gasteiger partial charge in [-0.3, -0.25) is 14.7 Å². The highest BCUT2D eigenvalue weighted by Gasteiger charge is 2.30. The topological polar surface area (TPSA) is 82.7 Å². The molecule has 1 aliphatic heterocycles. The van der Waals surface area contributed by atoms with Crippen molar-refractivity contribution in [1.82, 2.24) is 15.5 Å². The lowest BCUT2D eigenvalue weighted by Crippen LogP contribution is -2.45. The van der Waals surface area contributed by atoms with Crippen LogP contribution in [-0.2, 0) is 6.54 Å². The third kappa shape index (κ3) is 5.57. The molecule has 1 unspecified atom stereocenters. The zero-order chi connectivity index (χ0) is 17.6. The molecule has 6 nitrogen and oxygen atoms in total. The van der Waals surface area contributed by atoms with Gasteiger partial charge in [-0.1, -0.05) is 25.0 Å². The van der Waals surface area contributed by atoms with Gasteiger partial charge >= 0.3 is 0 Å². The lowest BCUT2D eigenvalue weighted by molar-refractivity contribution is 0.100. The summed E-state index contributed by atoms with van der Waals surface area (Å²) in [5, 5.41) is 6.89. The molecule has 1 aromatic rings. The molecule has 1 heterocycles. The van der Waals surface area contributed by atoms with Gasteiger partial charge in [-0.2, -0.15) is 0 Å². The Labute approximate surface area is 173 Å². The summed E-state index contributed by atoms with van der Waals surface area (Å²) in [6, 6.07) is 8.60. The van der Waals surface area contributed by atoms with Crippen LogP contribution in [0.4, 0.5) is 0 Å². The van der Waals surface area contributed by atoms with Crippen LogP contribution in [0.25, 0.3) is 0 Å². The molecule has 0 aromatic heterocycles. The molecule has 0 bridgehead atoms. The summed E-state index contributed by atoms with van der Waals surface area (Å²) in [7, 11) is 1.80. The van der Waals surface area contributed by atoms with Gasteiger partial charge in [0.1, 0.15) is 0 Å². The summed E-state index contributed by atoms with van der Waals surface area (Å²) in [4.78, 5) is 18.1. The Hall–Kier alpha value is -1.35. The van der Waals surface area contributed by atoms with E-state index in [0.29, 0.717) is 18.2 Å². The molecule has 1 atom stereocenters. The molecular weight excluding hydrogens is 441 g/mol. The summed E-state index contributed by atoms with van der Waals surface area (Å²) in [6.45, 7) is 2.96. The number of halogens is 1. The van der Waals surface area contributed by atoms with E-state index in [1.54, 1.807) is 19.2 Å². The molecule has 1 saturated heterocycles. The van der Waals surface area contributed by atoms with Crippen LogP contribution in [0, 0.1) is 0 Å². The van der Waals surface area contributed by atoms with E-state index in [2.05, 4.69) is 20.5 Å². The van der Waals surface area contributed by atoms with Gasteiger partial charge in [0.25, 0.3) is 0 Å². The summed E-state index contributed by atoms with van der Waals surface area (Å²) in [5.74, 6) is 0.433. The average molecular weight is 471 g/mol. The number of hydrogen-bond donors (Lipinski definition) is 3. The van der Waals surface area contributed by atoms with Crippen LogP contribution in [0.5, 0.6) is 0 Å². The number of benzene rings is 1. The molecule has 3 rings (SSSR count). The quantitative estimate of drug-likeness (QED) is 0.349. The number of rotatable bonds is 5. The fourth-order valence-corrected chi connectivity index (χ4v) is 3.87. The molecule has 7 heteroatoms. The smallest absolute Gasteiger partial charge is 0.248 e. The maximum Gasteiger partial charge on any atom is 0.248 e. The summed E-state index contributed by atoms with van der Waals surface area (Å²) in [6.07, 6.45) is 6.67. The van der Waals surface area contributed by atoms with Gasteiger partial charge in [0.2, 0.25) is 5.91 Å². The maximum atomic E-state index is 11.1. The average Bonchev–Trinajstić information content (AvgIpc) is 3.30. The van der Waals surface area contributed by atoms with Crippen LogP contribution in [0.2, 0.25) is 0 Å². The molecule has 26 heavy (non-hydrogen) atoms. The lowest BCUT2D eigenvalue weighted by Gasteiger charge is -2.24. The monoisotopic (exact) mass is 471 g/mol. The van der Waals surface area contributed by atoms with Crippen molar-refractivity contribution in [2.45, 2.75) is 50.7 Å². The molecular formula is C19H30IN5O. The van der Waals surface area contributed by atoms with Crippen LogP contribution in [0.15, 0.2) is 29.3 Å². The Morgan fingerprint density at radius 1 is 1.23 bits per heavy atom. The molecule has 1 saturated carbocycles. The third-order valence-electron chi connectivity index (χ3n) is 5.32. The fraction of sp³-hybridized carbons (Fsp3) is 0.579. The third-order valence-corrected chi connectivity index (χ3v) is 5.32. The number of nitrogens with one attached hydrogen (secondary N) is 2. The Morgan fingerprint density at radius 2 is 1.92 bits per heavy atom. The van der Waals surface area contributed by atoms with Crippen molar-refractivity contribution in [2.24, 2.45) is 10.7 Å². The highest BCUT2D eigenvalue weighted by Crippen LogP contribution is 2.26. The number of likely N-dealkylation sites (tertiary alicyclic amines) is 1. The number of hydrogen-bond acceptors (Lipinski definition) is 3. The normalized spacial score (nSPS) is 21.4. The number of primary amides is 1. The second kappa shape index (κ2) is 10.1. The van der Waals surface area contributed by atoms with E-state index in [9.17, 15) is 4.79 Å². The number of carbonyl (C=O) groups excluding carboxylic acids is 1. The van der Waals surface area contributed by atoms with E-state index < -0.39 is 5.91 Å². The minimum atomic E-state index is -0.398. The standard InChI is InChI=1S/C19H29N5O.HI/c1-21-19(22-12-14-6-8-15(9-7-14)18(20)25)23-16-10-11-24(13-16)17-4-2-3-5-17;/h6-9,16-17H,2-5,10-13H2,1H3,(H2,20,25)(H2,21,22,23);1H. The van der Waals surface area contributed by atoms with Gasteiger partial charge in [-0.15, -0.1) is 24.0 Å². The molecule has 144 valence electrons. The fourth-order valence-electron chi connectivity index (χ4n) is 3.87. The lowest BCUT2D eigenvalue weighted by atomic mass is 10.1. The van der Waals surface area contributed by atoms with E-state index in [1.165, 1.54) is 38.6 Å². The van der Waals surface area contributed by atoms with Crippen LogP contribution in [0.1, 0.15) is 48.0 Å². The van der Waals surface area contributed by atoms with E-state index >= 15 is 0 Å². The predicted octanol–water partition coefficient (Wildman–Crippen LogP) is 2.09. The van der Waals surface area contributed by atoms with Gasteiger partial charge in [0.15, 0.2) is 5.96 Å². The highest BCUT2D eigenvalue weighted by atomic mass is 127. The van der Waals surface area contributed by atoms with Gasteiger partial charge in [-0.05, 0) is 37.0 Å². The van der Waals surface area contributed by atoms with Crippen molar-refractivity contribution in [3.8, 4) is 0 Å². The first-order valence-electron chi connectivity index (χ1n) is 9.25. The SMILES string of the molecule is CN=C(NCc1ccc(C(N)=O)cc1)NC1CCN(C2CCCC2)C1.I. The van der Waals surface area contributed by atoms with Crippen LogP contribution in [0.3, 0.4) is 0 Å². The second-order valence-electron chi connectivity index (χ2n) is 7.05. The van der Waals surface area contributed by atoms with Gasteiger partial charge in [0.05, 0.1) is 0 Å². The van der Waals surface area contributed by atoms with E-state index in [1.807, 2.05) is 12.1 Å². The number of nitrogens with two attached hydrogens (primary N) is 1. The number of aliphatic imine (C=N–C) groups is 1. The van der Waals surface area contributed by atoms with Crippen molar-refractivity contribution in [3.05, 3.63) is 35.4 Å². The number of carbonyl (C=O) groups is 1. The van der Waals surface area contributed by atoms with Gasteiger partial charge in [-0.25, -0.2) is 0 Å². The van der Waals surface area contributed by atoms with Crippen molar-refractivity contribution < 1.29 is 4.79 Å². The Kier molecular flexibility index (Phi) is 8.15. The maximum absolute atomic E-state index is 11.1. The summed E-state index contributed by atoms with van der Waals surface area (Å²) in [5.41, 5.74) is 6.89. The van der Waals surface area contributed by atoms with Crippen LogP contribution < -0.4 is 16.4 Å². The molecule has 1 aromatic carbocycles. The molecule has 1 aliphatic carbocycles. The summed E-state index contributed by atoms with van der Waals surface area (Å²) < 4.78 is 0. The van der Waals surface area contributed by atoms with E-state index in [0.717, 1.165) is 24.1 Å². The summed E-state index contributed by atoms with van der Waals surface area (Å²) >= 11 is 0. The first-order chi connectivity index (χ1) is 12.2. The molecule has 4 N–H and O–H groups in total. The Balaban J connectivity index is 0.00000243. The first-order valence-corrected chi connectivity index (χ1v) is 9.25. The first kappa shape index (κ1) is 21.0. The number of nitrogens with zero attached hydrogens (tertiary/aromatic N) is 2.